The lowest BCUT2D eigenvalue weighted by Crippen LogP contribution is -2.40. The number of Topliss-reactive ketones (excluding diaryl/α,β-unsaturated/α-hetero) is 1. The predicted molar refractivity (Wildman–Crippen MR) is 128 cm³/mol. The second kappa shape index (κ2) is 9.61. The number of amides is 1. The highest BCUT2D eigenvalue weighted by Gasteiger charge is 2.46. The zero-order valence-electron chi connectivity index (χ0n) is 18.3. The smallest absolute Gasteiger partial charge is 0.341 e. The number of esters is 1. The van der Waals surface area contributed by atoms with Gasteiger partial charge in [0.05, 0.1) is 22.5 Å². The van der Waals surface area contributed by atoms with Gasteiger partial charge in [0, 0.05) is 19.4 Å². The van der Waals surface area contributed by atoms with E-state index in [0.29, 0.717) is 57.1 Å². The molecule has 9 heteroatoms. The van der Waals surface area contributed by atoms with Crippen LogP contribution in [-0.4, -0.2) is 29.4 Å². The number of thiophene rings is 1. The zero-order chi connectivity index (χ0) is 23.6. The molecule has 0 saturated carbocycles. The summed E-state index contributed by atoms with van der Waals surface area (Å²) in [6, 6.07) is 11.5. The number of carbonyl (C=O) groups excluding carboxylic acids is 3. The average molecular weight is 531 g/mol. The van der Waals surface area contributed by atoms with E-state index in [2.05, 4.69) is 26.4 Å². The number of hydrogen-bond donors (Lipinski definition) is 1. The molecule has 0 saturated heterocycles. The Bertz CT molecular complexity index is 1200. The summed E-state index contributed by atoms with van der Waals surface area (Å²) < 4.78 is 11.2. The van der Waals surface area contributed by atoms with Crippen molar-refractivity contribution < 1.29 is 23.6 Å². The minimum absolute atomic E-state index is 0.0549. The van der Waals surface area contributed by atoms with Gasteiger partial charge in [0.25, 0.3) is 0 Å². The molecule has 1 aromatic carbocycles. The highest BCUT2D eigenvalue weighted by atomic mass is 79.9. The van der Waals surface area contributed by atoms with Gasteiger partial charge in [-0.15, -0.1) is 11.3 Å². The van der Waals surface area contributed by atoms with E-state index in [4.69, 9.17) is 9.26 Å². The van der Waals surface area contributed by atoms with Gasteiger partial charge in [-0.2, -0.15) is 0 Å². The first-order valence-electron chi connectivity index (χ1n) is 10.7. The van der Waals surface area contributed by atoms with E-state index in [9.17, 15) is 14.4 Å². The molecule has 4 rings (SSSR count). The molecule has 0 bridgehead atoms. The number of nitrogens with one attached hydrogen (secondary N) is 1. The number of aryl methyl sites for hydroxylation is 1. The van der Waals surface area contributed by atoms with Crippen LogP contribution < -0.4 is 5.32 Å². The molecule has 0 fully saturated rings. The lowest BCUT2D eigenvalue weighted by molar-refractivity contribution is -0.114. The molecule has 0 radical (unpaired) electrons. The monoisotopic (exact) mass is 530 g/mol. The number of aromatic nitrogens is 1. The van der Waals surface area contributed by atoms with Crippen molar-refractivity contribution in [2.75, 3.05) is 11.9 Å². The number of carbonyl (C=O) groups is 3. The second-order valence-electron chi connectivity index (χ2n) is 7.91. The van der Waals surface area contributed by atoms with Crippen molar-refractivity contribution in [1.29, 1.82) is 0 Å². The maximum Gasteiger partial charge on any atom is 0.341 e. The summed E-state index contributed by atoms with van der Waals surface area (Å²) in [5, 5.41) is 6.96. The van der Waals surface area contributed by atoms with Gasteiger partial charge in [-0.3, -0.25) is 9.59 Å². The van der Waals surface area contributed by atoms with Crippen LogP contribution in [0.4, 0.5) is 5.00 Å². The molecule has 2 heterocycles. The molecule has 1 N–H and O–H groups in total. The number of fused-ring (bicyclic) bond motifs is 1. The number of anilines is 1. The zero-order valence-corrected chi connectivity index (χ0v) is 20.7. The first-order valence-corrected chi connectivity index (χ1v) is 12.3. The normalized spacial score (nSPS) is 17.5. The lowest BCUT2D eigenvalue weighted by atomic mass is 9.65. The van der Waals surface area contributed by atoms with Crippen molar-refractivity contribution in [3.8, 4) is 0 Å². The number of hydrogen-bond acceptors (Lipinski definition) is 7. The van der Waals surface area contributed by atoms with Gasteiger partial charge in [-0.25, -0.2) is 4.79 Å². The van der Waals surface area contributed by atoms with Gasteiger partial charge in [-0.05, 0) is 53.2 Å². The Morgan fingerprint density at radius 2 is 2.06 bits per heavy atom. The molecule has 1 amide bonds. The quantitative estimate of drug-likeness (QED) is 0.414. The van der Waals surface area contributed by atoms with Crippen LogP contribution in [-0.2, 0) is 27.8 Å². The van der Waals surface area contributed by atoms with Gasteiger partial charge in [0.2, 0.25) is 5.91 Å². The van der Waals surface area contributed by atoms with Gasteiger partial charge in [0.15, 0.2) is 5.78 Å². The summed E-state index contributed by atoms with van der Waals surface area (Å²) in [6.07, 6.45) is 2.10. The van der Waals surface area contributed by atoms with E-state index in [0.717, 1.165) is 16.9 Å². The van der Waals surface area contributed by atoms with E-state index in [1.54, 1.807) is 13.0 Å². The maximum atomic E-state index is 14.1. The molecule has 2 aromatic heterocycles. The standard InChI is InChI=1S/C24H23BrN2O5S/c1-3-31-23(30)19-17-10-12-24(15-7-5-4-6-8-15,11-9-16-13-18(25)27-32-16)21(29)20(17)33-22(19)26-14(2)28/h4-8,13H,3,9-12H2,1-2H3,(H,26,28). The molecule has 0 aliphatic heterocycles. The lowest BCUT2D eigenvalue weighted by Gasteiger charge is -2.36. The highest BCUT2D eigenvalue weighted by Crippen LogP contribution is 2.47. The number of nitrogens with zero attached hydrogens (tertiary/aromatic N) is 1. The Morgan fingerprint density at radius 1 is 1.30 bits per heavy atom. The van der Waals surface area contributed by atoms with Gasteiger partial charge in [0.1, 0.15) is 15.4 Å². The van der Waals surface area contributed by atoms with Crippen molar-refractivity contribution in [3.05, 3.63) is 68.3 Å². The minimum atomic E-state index is -0.780. The summed E-state index contributed by atoms with van der Waals surface area (Å²) in [4.78, 5) is 39.1. The fourth-order valence-corrected chi connectivity index (χ4v) is 6.03. The molecular formula is C24H23BrN2O5S. The molecular weight excluding hydrogens is 508 g/mol. The minimum Gasteiger partial charge on any atom is -0.462 e. The molecule has 0 spiro atoms. The van der Waals surface area contributed by atoms with Crippen molar-refractivity contribution in [2.24, 2.45) is 0 Å². The summed E-state index contributed by atoms with van der Waals surface area (Å²) in [6.45, 7) is 3.30. The maximum absolute atomic E-state index is 14.1. The molecule has 7 nitrogen and oxygen atoms in total. The number of rotatable bonds is 7. The largest absolute Gasteiger partial charge is 0.462 e. The van der Waals surface area contributed by atoms with E-state index in [1.807, 2.05) is 30.3 Å². The fraction of sp³-hybridized carbons (Fsp3) is 0.333. The number of ketones is 1. The van der Waals surface area contributed by atoms with Crippen molar-refractivity contribution >= 4 is 49.9 Å². The Balaban J connectivity index is 1.78. The van der Waals surface area contributed by atoms with E-state index < -0.39 is 11.4 Å². The average Bonchev–Trinajstić information content (AvgIpc) is 3.37. The number of benzene rings is 1. The number of halogens is 1. The molecule has 1 aliphatic carbocycles. The van der Waals surface area contributed by atoms with Gasteiger partial charge < -0.3 is 14.6 Å². The van der Waals surface area contributed by atoms with Crippen LogP contribution in [0.3, 0.4) is 0 Å². The van der Waals surface area contributed by atoms with E-state index in [1.165, 1.54) is 6.92 Å². The van der Waals surface area contributed by atoms with Gasteiger partial charge >= 0.3 is 5.97 Å². The van der Waals surface area contributed by atoms with Crippen LogP contribution >= 0.6 is 27.3 Å². The Morgan fingerprint density at radius 3 is 2.70 bits per heavy atom. The van der Waals surface area contributed by atoms with Crippen LogP contribution in [0.25, 0.3) is 0 Å². The van der Waals surface area contributed by atoms with Gasteiger partial charge in [-0.1, -0.05) is 35.5 Å². The van der Waals surface area contributed by atoms with Crippen molar-refractivity contribution in [1.82, 2.24) is 5.16 Å². The molecule has 1 aliphatic rings. The molecule has 1 unspecified atom stereocenters. The molecule has 33 heavy (non-hydrogen) atoms. The summed E-state index contributed by atoms with van der Waals surface area (Å²) in [5.41, 5.74) is 1.09. The third-order valence-corrected chi connectivity index (χ3v) is 7.39. The summed E-state index contributed by atoms with van der Waals surface area (Å²) in [5.74, 6) is -0.198. The third kappa shape index (κ3) is 4.52. The van der Waals surface area contributed by atoms with E-state index >= 15 is 0 Å². The second-order valence-corrected chi connectivity index (χ2v) is 9.74. The predicted octanol–water partition coefficient (Wildman–Crippen LogP) is 5.33. The summed E-state index contributed by atoms with van der Waals surface area (Å²) >= 11 is 4.45. The molecule has 1 atom stereocenters. The van der Waals surface area contributed by atoms with Crippen molar-refractivity contribution in [2.45, 2.75) is 44.9 Å². The van der Waals surface area contributed by atoms with Crippen molar-refractivity contribution in [3.63, 3.8) is 0 Å². The van der Waals surface area contributed by atoms with E-state index in [-0.39, 0.29) is 18.3 Å². The topological polar surface area (TPSA) is 98.5 Å². The fourth-order valence-electron chi connectivity index (χ4n) is 4.38. The SMILES string of the molecule is CCOC(=O)c1c(NC(C)=O)sc2c1CCC(CCc1cc(Br)no1)(c1ccccc1)C2=O. The Hall–Kier alpha value is -2.78. The first-order chi connectivity index (χ1) is 15.9. The van der Waals surface area contributed by atoms with Crippen LogP contribution in [0, 0.1) is 0 Å². The van der Waals surface area contributed by atoms with Crippen LogP contribution in [0.5, 0.6) is 0 Å². The first kappa shape index (κ1) is 23.4. The van der Waals surface area contributed by atoms with Crippen LogP contribution in [0.2, 0.25) is 0 Å². The molecule has 3 aromatic rings. The highest BCUT2D eigenvalue weighted by molar-refractivity contribution is 9.10. The summed E-state index contributed by atoms with van der Waals surface area (Å²) in [7, 11) is 0. The Labute approximate surface area is 203 Å². The Kier molecular flexibility index (Phi) is 6.81. The molecule has 172 valence electrons. The number of ether oxygens (including phenoxy) is 1. The van der Waals surface area contributed by atoms with Crippen LogP contribution in [0.15, 0.2) is 45.5 Å². The third-order valence-electron chi connectivity index (χ3n) is 5.87. The van der Waals surface area contributed by atoms with Crippen LogP contribution in [0.1, 0.15) is 63.6 Å².